The molecule has 1 aliphatic heterocycles. The second kappa shape index (κ2) is 4.19. The van der Waals surface area contributed by atoms with Crippen molar-refractivity contribution in [3.63, 3.8) is 0 Å². The third kappa shape index (κ3) is 3.05. The van der Waals surface area contributed by atoms with Gasteiger partial charge in [0.1, 0.15) is 0 Å². The zero-order valence-corrected chi connectivity index (χ0v) is 11.3. The molecule has 1 unspecified atom stereocenters. The molecule has 0 aromatic heterocycles. The van der Waals surface area contributed by atoms with E-state index in [2.05, 4.69) is 19.6 Å². The zero-order valence-electron chi connectivity index (χ0n) is 10.3. The molecule has 1 saturated carbocycles. The average Bonchev–Trinajstić information content (AvgIpc) is 2.47. The third-order valence-corrected chi connectivity index (χ3v) is 5.05. The van der Waals surface area contributed by atoms with Gasteiger partial charge in [-0.3, -0.25) is 0 Å². The van der Waals surface area contributed by atoms with Crippen molar-refractivity contribution in [3.8, 4) is 0 Å². The van der Waals surface area contributed by atoms with E-state index < -0.39 is 8.07 Å². The Morgan fingerprint density at radius 2 is 1.80 bits per heavy atom. The Balaban J connectivity index is 1.88. The van der Waals surface area contributed by atoms with Crippen LogP contribution in [0.4, 0.5) is 0 Å². The summed E-state index contributed by atoms with van der Waals surface area (Å²) >= 11 is 0. The molecular formula is C12H24O2Si. The number of hydrogen-bond acceptors (Lipinski definition) is 2. The Morgan fingerprint density at radius 3 is 2.40 bits per heavy atom. The number of rotatable bonds is 2. The minimum Gasteiger partial charge on any atom is -0.347 e. The molecule has 2 nitrogen and oxygen atoms in total. The van der Waals surface area contributed by atoms with Gasteiger partial charge in [0.15, 0.2) is 5.79 Å². The topological polar surface area (TPSA) is 18.5 Å². The first-order valence-corrected chi connectivity index (χ1v) is 10.0. The van der Waals surface area contributed by atoms with Gasteiger partial charge in [0.25, 0.3) is 0 Å². The summed E-state index contributed by atoms with van der Waals surface area (Å²) in [6.45, 7) is 8.05. The van der Waals surface area contributed by atoms with E-state index in [1.807, 2.05) is 0 Å². The molecule has 0 aromatic carbocycles. The largest absolute Gasteiger partial charge is 0.347 e. The van der Waals surface area contributed by atoms with Crippen molar-refractivity contribution in [1.29, 1.82) is 0 Å². The summed E-state index contributed by atoms with van der Waals surface area (Å²) in [5, 5.41) is 0. The van der Waals surface area contributed by atoms with E-state index in [9.17, 15) is 0 Å². The van der Waals surface area contributed by atoms with E-state index >= 15 is 0 Å². The van der Waals surface area contributed by atoms with Gasteiger partial charge in [-0.2, -0.15) is 0 Å². The Bertz CT molecular complexity index is 216. The van der Waals surface area contributed by atoms with Crippen LogP contribution in [-0.2, 0) is 9.47 Å². The fourth-order valence-corrected chi connectivity index (χ4v) is 4.32. The molecule has 0 aromatic rings. The Hall–Kier alpha value is 0.137. The monoisotopic (exact) mass is 228 g/mol. The normalized spacial score (nSPS) is 31.0. The smallest absolute Gasteiger partial charge is 0.168 e. The quantitative estimate of drug-likeness (QED) is 0.674. The van der Waals surface area contributed by atoms with Crippen molar-refractivity contribution in [2.24, 2.45) is 0 Å². The van der Waals surface area contributed by atoms with Crippen LogP contribution in [0.15, 0.2) is 0 Å². The maximum Gasteiger partial charge on any atom is 0.168 e. The van der Waals surface area contributed by atoms with Crippen LogP contribution in [0.2, 0.25) is 25.7 Å². The fraction of sp³-hybridized carbons (Fsp3) is 1.00. The molecule has 1 atom stereocenters. The van der Waals surface area contributed by atoms with Gasteiger partial charge >= 0.3 is 0 Å². The van der Waals surface area contributed by atoms with Gasteiger partial charge in [-0.15, -0.1) is 0 Å². The maximum absolute atomic E-state index is 6.18. The van der Waals surface area contributed by atoms with E-state index in [-0.39, 0.29) is 5.79 Å². The summed E-state index contributed by atoms with van der Waals surface area (Å²) in [7, 11) is -1.01. The SMILES string of the molecule is C[Si](C)(C)CC1COC2(CCCCC2)O1. The molecule has 2 aliphatic rings. The molecule has 1 saturated heterocycles. The lowest BCUT2D eigenvalue weighted by atomic mass is 9.94. The summed E-state index contributed by atoms with van der Waals surface area (Å²) < 4.78 is 12.1. The summed E-state index contributed by atoms with van der Waals surface area (Å²) in [6.07, 6.45) is 6.53. The molecule has 1 heterocycles. The summed E-state index contributed by atoms with van der Waals surface area (Å²) in [5.74, 6) is -0.164. The second-order valence-electron chi connectivity index (χ2n) is 6.29. The maximum atomic E-state index is 6.18. The molecule has 1 aliphatic carbocycles. The molecule has 0 bridgehead atoms. The van der Waals surface area contributed by atoms with Gasteiger partial charge in [0.2, 0.25) is 0 Å². The molecule has 2 fully saturated rings. The van der Waals surface area contributed by atoms with Gasteiger partial charge in [-0.05, 0) is 18.9 Å². The highest BCUT2D eigenvalue weighted by Crippen LogP contribution is 2.39. The van der Waals surface area contributed by atoms with Crippen LogP contribution in [0, 0.1) is 0 Å². The van der Waals surface area contributed by atoms with Gasteiger partial charge in [0.05, 0.1) is 12.7 Å². The van der Waals surface area contributed by atoms with E-state index in [0.29, 0.717) is 6.10 Å². The van der Waals surface area contributed by atoms with Gasteiger partial charge < -0.3 is 9.47 Å². The molecular weight excluding hydrogens is 204 g/mol. The number of ether oxygens (including phenoxy) is 2. The summed E-state index contributed by atoms with van der Waals surface area (Å²) in [6, 6.07) is 1.24. The third-order valence-electron chi connectivity index (χ3n) is 3.37. The molecule has 0 radical (unpaired) electrons. The van der Waals surface area contributed by atoms with Crippen molar-refractivity contribution in [2.75, 3.05) is 6.61 Å². The minimum absolute atomic E-state index is 0.164. The van der Waals surface area contributed by atoms with E-state index in [1.165, 1.54) is 25.3 Å². The number of hydrogen-bond donors (Lipinski definition) is 0. The summed E-state index contributed by atoms with van der Waals surface area (Å²) in [4.78, 5) is 0. The average molecular weight is 228 g/mol. The zero-order chi connectivity index (χ0) is 10.9. The highest BCUT2D eigenvalue weighted by atomic mass is 28.3. The first-order chi connectivity index (χ1) is 6.99. The fourth-order valence-electron chi connectivity index (χ4n) is 2.75. The predicted molar refractivity (Wildman–Crippen MR) is 64.8 cm³/mol. The van der Waals surface area contributed by atoms with Gasteiger partial charge in [-0.1, -0.05) is 26.1 Å². The molecule has 88 valence electrons. The molecule has 3 heteroatoms. The minimum atomic E-state index is -1.01. The molecule has 0 N–H and O–H groups in total. The van der Waals surface area contributed by atoms with Crippen molar-refractivity contribution < 1.29 is 9.47 Å². The summed E-state index contributed by atoms with van der Waals surface area (Å²) in [5.41, 5.74) is 0. The van der Waals surface area contributed by atoms with E-state index in [4.69, 9.17) is 9.47 Å². The predicted octanol–water partition coefficient (Wildman–Crippen LogP) is 3.40. The Labute approximate surface area is 94.4 Å². The molecule has 2 rings (SSSR count). The Morgan fingerprint density at radius 1 is 1.13 bits per heavy atom. The first kappa shape index (κ1) is 11.6. The van der Waals surface area contributed by atoms with Crippen LogP contribution < -0.4 is 0 Å². The molecule has 0 amide bonds. The van der Waals surface area contributed by atoms with Gasteiger partial charge in [-0.25, -0.2) is 0 Å². The van der Waals surface area contributed by atoms with Crippen molar-refractivity contribution in [2.45, 2.75) is 69.7 Å². The van der Waals surface area contributed by atoms with Crippen LogP contribution in [0.25, 0.3) is 0 Å². The van der Waals surface area contributed by atoms with Crippen molar-refractivity contribution in [3.05, 3.63) is 0 Å². The Kier molecular flexibility index (Phi) is 3.24. The lowest BCUT2D eigenvalue weighted by Crippen LogP contribution is -2.34. The lowest BCUT2D eigenvalue weighted by molar-refractivity contribution is -0.185. The first-order valence-electron chi connectivity index (χ1n) is 6.31. The van der Waals surface area contributed by atoms with Crippen LogP contribution in [0.3, 0.4) is 0 Å². The van der Waals surface area contributed by atoms with Crippen molar-refractivity contribution in [1.82, 2.24) is 0 Å². The van der Waals surface area contributed by atoms with E-state index in [0.717, 1.165) is 19.4 Å². The highest BCUT2D eigenvalue weighted by molar-refractivity contribution is 6.76. The highest BCUT2D eigenvalue weighted by Gasteiger charge is 2.43. The van der Waals surface area contributed by atoms with E-state index in [1.54, 1.807) is 0 Å². The molecule has 15 heavy (non-hydrogen) atoms. The molecule has 1 spiro atoms. The van der Waals surface area contributed by atoms with Crippen LogP contribution in [-0.4, -0.2) is 26.6 Å². The standard InChI is InChI=1S/C12H24O2Si/c1-15(2,3)10-11-9-13-12(14-11)7-5-4-6-8-12/h11H,4-10H2,1-3H3. The van der Waals surface area contributed by atoms with Crippen LogP contribution in [0.1, 0.15) is 32.1 Å². The van der Waals surface area contributed by atoms with Gasteiger partial charge in [0, 0.05) is 20.9 Å². The van der Waals surface area contributed by atoms with Crippen molar-refractivity contribution >= 4 is 8.07 Å². The van der Waals surface area contributed by atoms with Crippen LogP contribution in [0.5, 0.6) is 0 Å². The van der Waals surface area contributed by atoms with Crippen LogP contribution >= 0.6 is 0 Å². The lowest BCUT2D eigenvalue weighted by Gasteiger charge is -2.32. The second-order valence-corrected chi connectivity index (χ2v) is 11.8.